The molecule has 0 spiro atoms. The minimum atomic E-state index is -0.198. The molecule has 0 unspecified atom stereocenters. The van der Waals surface area contributed by atoms with E-state index in [9.17, 15) is 4.79 Å². The van der Waals surface area contributed by atoms with Crippen molar-refractivity contribution in [2.45, 2.75) is 6.92 Å². The zero-order chi connectivity index (χ0) is 14.7. The van der Waals surface area contributed by atoms with Gasteiger partial charge < -0.3 is 4.57 Å². The van der Waals surface area contributed by atoms with Gasteiger partial charge in [-0.2, -0.15) is 10.5 Å². The van der Waals surface area contributed by atoms with Crippen molar-refractivity contribution < 1.29 is 0 Å². The topological polar surface area (TPSA) is 69.6 Å². The second-order valence-corrected chi connectivity index (χ2v) is 5.27. The predicted octanol–water partition coefficient (Wildman–Crippen LogP) is 0.782. The van der Waals surface area contributed by atoms with Gasteiger partial charge in [0.2, 0.25) is 0 Å². The molecule has 0 saturated carbocycles. The van der Waals surface area contributed by atoms with Crippen molar-refractivity contribution in [1.29, 1.82) is 10.5 Å². The maximum Gasteiger partial charge on any atom is 0.268 e. The first kappa shape index (κ1) is 13.8. The minimum Gasteiger partial charge on any atom is -0.300 e. The number of aromatic nitrogens is 1. The average Bonchev–Trinajstić information content (AvgIpc) is 2.72. The number of hydrogen-bond donors (Lipinski definition) is 0. The molecule has 0 atom stereocenters. The Hall–Kier alpha value is -2.63. The summed E-state index contributed by atoms with van der Waals surface area (Å²) < 4.78 is 2.25. The van der Waals surface area contributed by atoms with Crippen molar-refractivity contribution in [3.05, 3.63) is 54.9 Å². The smallest absolute Gasteiger partial charge is 0.268 e. The van der Waals surface area contributed by atoms with Crippen LogP contribution in [0.15, 0.2) is 29.1 Å². The van der Waals surface area contributed by atoms with Crippen LogP contribution in [0.1, 0.15) is 11.1 Å². The van der Waals surface area contributed by atoms with Gasteiger partial charge in [-0.1, -0.05) is 24.3 Å². The Morgan fingerprint density at radius 2 is 1.95 bits per heavy atom. The lowest BCUT2D eigenvalue weighted by Gasteiger charge is -1.96. The molecule has 1 aromatic heterocycles. The van der Waals surface area contributed by atoms with Crippen LogP contribution in [0.2, 0.25) is 0 Å². The molecule has 2 rings (SSSR count). The van der Waals surface area contributed by atoms with Crippen molar-refractivity contribution >= 4 is 23.0 Å². The number of thiazole rings is 1. The summed E-state index contributed by atoms with van der Waals surface area (Å²) >= 11 is 1.16. The predicted molar refractivity (Wildman–Crippen MR) is 78.2 cm³/mol. The summed E-state index contributed by atoms with van der Waals surface area (Å²) in [6.07, 6.45) is 1.79. The van der Waals surface area contributed by atoms with Crippen LogP contribution in [0, 0.1) is 29.6 Å². The Morgan fingerprint density at radius 1 is 1.30 bits per heavy atom. The SMILES string of the molecule is Cc1ccccc1C=c1sc(=C(C#N)C#N)n(C)c1=O. The van der Waals surface area contributed by atoms with Crippen LogP contribution in [0.5, 0.6) is 0 Å². The molecule has 0 bridgehead atoms. The molecular weight excluding hydrogens is 270 g/mol. The molecule has 0 saturated heterocycles. The number of aryl methyl sites for hydroxylation is 1. The summed E-state index contributed by atoms with van der Waals surface area (Å²) in [7, 11) is 1.57. The van der Waals surface area contributed by atoms with Crippen LogP contribution in [-0.4, -0.2) is 4.57 Å². The second kappa shape index (κ2) is 5.56. The van der Waals surface area contributed by atoms with E-state index < -0.39 is 0 Å². The van der Waals surface area contributed by atoms with Gasteiger partial charge in [-0.05, 0) is 24.1 Å². The standard InChI is InChI=1S/C15H11N3OS/c1-10-5-3-4-6-11(10)7-13-14(19)18(2)15(20-13)12(8-16)9-17/h3-7H,1-2H3. The van der Waals surface area contributed by atoms with Gasteiger partial charge in [0.15, 0.2) is 5.57 Å². The summed E-state index contributed by atoms with van der Waals surface area (Å²) in [4.78, 5) is 12.2. The van der Waals surface area contributed by atoms with E-state index in [0.29, 0.717) is 9.20 Å². The summed E-state index contributed by atoms with van der Waals surface area (Å²) in [5.74, 6) is 0. The lowest BCUT2D eigenvalue weighted by atomic mass is 10.1. The van der Waals surface area contributed by atoms with Crippen molar-refractivity contribution in [1.82, 2.24) is 4.57 Å². The molecule has 0 aliphatic heterocycles. The minimum absolute atomic E-state index is 0.0426. The van der Waals surface area contributed by atoms with Gasteiger partial charge >= 0.3 is 0 Å². The lowest BCUT2D eigenvalue weighted by Crippen LogP contribution is -2.29. The third kappa shape index (κ3) is 2.40. The van der Waals surface area contributed by atoms with Crippen molar-refractivity contribution in [3.63, 3.8) is 0 Å². The number of nitriles is 2. The number of nitrogens with zero attached hydrogens (tertiary/aromatic N) is 3. The molecule has 1 aromatic carbocycles. The monoisotopic (exact) mass is 281 g/mol. The Labute approximate surface area is 119 Å². The number of benzene rings is 1. The molecule has 4 nitrogen and oxygen atoms in total. The zero-order valence-corrected chi connectivity index (χ0v) is 11.9. The highest BCUT2D eigenvalue weighted by Crippen LogP contribution is 2.06. The highest BCUT2D eigenvalue weighted by atomic mass is 32.1. The second-order valence-electron chi connectivity index (χ2n) is 4.24. The first-order valence-electron chi connectivity index (χ1n) is 5.86. The quantitative estimate of drug-likeness (QED) is 0.775. The normalized spacial score (nSPS) is 10.9. The van der Waals surface area contributed by atoms with Crippen LogP contribution in [0.25, 0.3) is 11.6 Å². The summed E-state index contributed by atoms with van der Waals surface area (Å²) in [6.45, 7) is 1.97. The van der Waals surface area contributed by atoms with E-state index in [1.165, 1.54) is 4.57 Å². The molecule has 0 aliphatic carbocycles. The third-order valence-electron chi connectivity index (χ3n) is 2.94. The maximum atomic E-state index is 12.2. The number of hydrogen-bond acceptors (Lipinski definition) is 4. The van der Waals surface area contributed by atoms with Gasteiger partial charge in [0, 0.05) is 7.05 Å². The average molecular weight is 281 g/mol. The fourth-order valence-electron chi connectivity index (χ4n) is 1.79. The van der Waals surface area contributed by atoms with Gasteiger partial charge in [-0.25, -0.2) is 0 Å². The molecular formula is C15H11N3OS. The van der Waals surface area contributed by atoms with Gasteiger partial charge in [-0.15, -0.1) is 11.3 Å². The van der Waals surface area contributed by atoms with Gasteiger partial charge in [0.1, 0.15) is 16.8 Å². The van der Waals surface area contributed by atoms with Crippen molar-refractivity contribution in [2.75, 3.05) is 0 Å². The van der Waals surface area contributed by atoms with Crippen molar-refractivity contribution in [3.8, 4) is 12.1 Å². The first-order valence-corrected chi connectivity index (χ1v) is 6.68. The molecule has 20 heavy (non-hydrogen) atoms. The first-order chi connectivity index (χ1) is 9.58. The summed E-state index contributed by atoms with van der Waals surface area (Å²) in [5.41, 5.74) is 1.78. The zero-order valence-electron chi connectivity index (χ0n) is 11.0. The Morgan fingerprint density at radius 3 is 2.55 bits per heavy atom. The van der Waals surface area contributed by atoms with Gasteiger partial charge in [0.05, 0.1) is 4.53 Å². The summed E-state index contributed by atoms with van der Waals surface area (Å²) in [5, 5.41) is 17.8. The van der Waals surface area contributed by atoms with Gasteiger partial charge in [0.25, 0.3) is 5.56 Å². The molecule has 0 fully saturated rings. The fourth-order valence-corrected chi connectivity index (χ4v) is 2.83. The Bertz CT molecular complexity index is 904. The molecule has 0 amide bonds. The van der Waals surface area contributed by atoms with E-state index in [1.54, 1.807) is 13.1 Å². The maximum absolute atomic E-state index is 12.2. The highest BCUT2D eigenvalue weighted by molar-refractivity contribution is 7.07. The Kier molecular flexibility index (Phi) is 3.84. The van der Waals surface area contributed by atoms with E-state index in [2.05, 4.69) is 0 Å². The third-order valence-corrected chi connectivity index (χ3v) is 4.12. The van der Waals surface area contributed by atoms with Crippen LogP contribution >= 0.6 is 11.3 Å². The van der Waals surface area contributed by atoms with E-state index >= 15 is 0 Å². The Balaban J connectivity index is 2.82. The molecule has 0 radical (unpaired) electrons. The number of rotatable bonds is 1. The largest absolute Gasteiger partial charge is 0.300 e. The van der Waals surface area contributed by atoms with Crippen LogP contribution in [-0.2, 0) is 7.05 Å². The van der Waals surface area contributed by atoms with E-state index in [-0.39, 0.29) is 11.1 Å². The summed E-state index contributed by atoms with van der Waals surface area (Å²) in [6, 6.07) is 11.4. The van der Waals surface area contributed by atoms with E-state index in [4.69, 9.17) is 10.5 Å². The van der Waals surface area contributed by atoms with E-state index in [0.717, 1.165) is 22.5 Å². The molecule has 0 N–H and O–H groups in total. The molecule has 2 aromatic rings. The van der Waals surface area contributed by atoms with Gasteiger partial charge in [-0.3, -0.25) is 4.79 Å². The molecule has 5 heteroatoms. The highest BCUT2D eigenvalue weighted by Gasteiger charge is 2.05. The molecule has 0 aliphatic rings. The van der Waals surface area contributed by atoms with Crippen LogP contribution in [0.3, 0.4) is 0 Å². The molecule has 98 valence electrons. The lowest BCUT2D eigenvalue weighted by molar-refractivity contribution is 0.855. The van der Waals surface area contributed by atoms with Crippen LogP contribution < -0.4 is 14.8 Å². The van der Waals surface area contributed by atoms with Crippen LogP contribution in [0.4, 0.5) is 0 Å². The molecule has 1 heterocycles. The fraction of sp³-hybridized carbons (Fsp3) is 0.133. The van der Waals surface area contributed by atoms with E-state index in [1.807, 2.05) is 43.3 Å². The van der Waals surface area contributed by atoms with Crippen molar-refractivity contribution in [2.24, 2.45) is 7.05 Å².